The Kier molecular flexibility index (Phi) is 6.53. The Morgan fingerprint density at radius 1 is 0.967 bits per heavy atom. The molecule has 0 heterocycles. The Balaban J connectivity index is 1.56. The van der Waals surface area contributed by atoms with Crippen molar-refractivity contribution in [2.75, 3.05) is 0 Å². The summed E-state index contributed by atoms with van der Waals surface area (Å²) >= 11 is 0. The molecule has 4 aliphatic rings. The summed E-state index contributed by atoms with van der Waals surface area (Å²) in [6.45, 7) is 14.9. The molecule has 3 fully saturated rings. The molecule has 1 heteroatoms. The van der Waals surface area contributed by atoms with E-state index in [0.717, 1.165) is 42.4 Å². The summed E-state index contributed by atoms with van der Waals surface area (Å²) in [5.74, 6) is 4.75. The third-order valence-electron chi connectivity index (χ3n) is 10.9. The van der Waals surface area contributed by atoms with Gasteiger partial charge in [-0.2, -0.15) is 0 Å². The Morgan fingerprint density at radius 3 is 2.43 bits per heavy atom. The second-order valence-electron chi connectivity index (χ2n) is 12.8. The first-order chi connectivity index (χ1) is 14.2. The fourth-order valence-electron chi connectivity index (χ4n) is 9.29. The van der Waals surface area contributed by atoms with Gasteiger partial charge in [-0.3, -0.25) is 0 Å². The average Bonchev–Trinajstić information content (AvgIpc) is 3.05. The van der Waals surface area contributed by atoms with E-state index in [-0.39, 0.29) is 6.10 Å². The zero-order valence-electron chi connectivity index (χ0n) is 21.0. The average molecular weight is 415 g/mol. The van der Waals surface area contributed by atoms with Crippen molar-refractivity contribution in [2.24, 2.45) is 46.3 Å². The molecule has 8 atom stereocenters. The molecule has 0 saturated heterocycles. The maximum Gasteiger partial charge on any atom is 0.0571 e. The number of fused-ring (bicyclic) bond motifs is 4. The molecular formula is C29H50O. The summed E-state index contributed by atoms with van der Waals surface area (Å²) in [6, 6.07) is 0. The molecule has 4 aliphatic carbocycles. The van der Waals surface area contributed by atoms with Crippen LogP contribution >= 0.6 is 0 Å². The van der Waals surface area contributed by atoms with Gasteiger partial charge in [0, 0.05) is 0 Å². The fraction of sp³-hybridized carbons (Fsp3) is 0.931. The second kappa shape index (κ2) is 8.57. The highest BCUT2D eigenvalue weighted by atomic mass is 16.3. The summed E-state index contributed by atoms with van der Waals surface area (Å²) in [5.41, 5.74) is 4.79. The van der Waals surface area contributed by atoms with Gasteiger partial charge >= 0.3 is 0 Å². The molecule has 0 spiro atoms. The van der Waals surface area contributed by atoms with Crippen LogP contribution in [0.3, 0.4) is 0 Å². The monoisotopic (exact) mass is 414 g/mol. The number of aliphatic hydroxyl groups excluding tert-OH is 1. The number of hydrogen-bond donors (Lipinski definition) is 1. The fourth-order valence-corrected chi connectivity index (χ4v) is 9.29. The summed E-state index contributed by atoms with van der Waals surface area (Å²) in [6.07, 6.45) is 16.0. The molecule has 0 aromatic rings. The van der Waals surface area contributed by atoms with E-state index in [4.69, 9.17) is 0 Å². The van der Waals surface area contributed by atoms with Crippen LogP contribution in [0, 0.1) is 46.3 Å². The van der Waals surface area contributed by atoms with Crippen LogP contribution in [0.15, 0.2) is 11.1 Å². The number of hydrogen-bond acceptors (Lipinski definition) is 1. The lowest BCUT2D eigenvalue weighted by atomic mass is 9.46. The highest BCUT2D eigenvalue weighted by Crippen LogP contribution is 2.66. The van der Waals surface area contributed by atoms with Crippen LogP contribution in [0.2, 0.25) is 0 Å². The van der Waals surface area contributed by atoms with Crippen molar-refractivity contribution in [3.63, 3.8) is 0 Å². The van der Waals surface area contributed by atoms with E-state index in [1.807, 2.05) is 11.1 Å². The minimum Gasteiger partial charge on any atom is -0.393 e. The zero-order valence-corrected chi connectivity index (χ0v) is 21.0. The van der Waals surface area contributed by atoms with Crippen molar-refractivity contribution >= 4 is 0 Å². The first kappa shape index (κ1) is 22.9. The SMILES string of the molecule is CCC1C(O)CC[C@@]2(C)C1CCC1=C3CC[C@H]([C@H](C)CCCC(C)C)[C@@]3(C)CC[C@@H]12. The van der Waals surface area contributed by atoms with E-state index in [9.17, 15) is 5.11 Å². The van der Waals surface area contributed by atoms with Gasteiger partial charge in [-0.25, -0.2) is 0 Å². The lowest BCUT2D eigenvalue weighted by Gasteiger charge is -2.59. The molecule has 1 N–H and O–H groups in total. The van der Waals surface area contributed by atoms with Gasteiger partial charge in [0.1, 0.15) is 0 Å². The maximum absolute atomic E-state index is 10.7. The van der Waals surface area contributed by atoms with Gasteiger partial charge in [0.2, 0.25) is 0 Å². The molecule has 0 amide bonds. The normalized spacial score (nSPS) is 44.6. The van der Waals surface area contributed by atoms with Gasteiger partial charge in [0.25, 0.3) is 0 Å². The second-order valence-corrected chi connectivity index (χ2v) is 12.8. The van der Waals surface area contributed by atoms with Crippen LogP contribution in [0.5, 0.6) is 0 Å². The van der Waals surface area contributed by atoms with Gasteiger partial charge in [-0.05, 0) is 97.7 Å². The predicted molar refractivity (Wildman–Crippen MR) is 128 cm³/mol. The lowest BCUT2D eigenvalue weighted by molar-refractivity contribution is -0.0854. The van der Waals surface area contributed by atoms with Crippen LogP contribution in [-0.2, 0) is 0 Å². The smallest absolute Gasteiger partial charge is 0.0571 e. The topological polar surface area (TPSA) is 20.2 Å². The Bertz CT molecular complexity index is 647. The summed E-state index contributed by atoms with van der Waals surface area (Å²) in [5, 5.41) is 10.7. The van der Waals surface area contributed by atoms with E-state index in [1.165, 1.54) is 64.2 Å². The van der Waals surface area contributed by atoms with Crippen molar-refractivity contribution in [2.45, 2.75) is 125 Å². The Hall–Kier alpha value is -0.300. The molecule has 0 radical (unpaired) electrons. The largest absolute Gasteiger partial charge is 0.393 e. The summed E-state index contributed by atoms with van der Waals surface area (Å²) < 4.78 is 0. The van der Waals surface area contributed by atoms with E-state index in [1.54, 1.807) is 0 Å². The molecule has 30 heavy (non-hydrogen) atoms. The van der Waals surface area contributed by atoms with Gasteiger partial charge < -0.3 is 5.11 Å². The molecular weight excluding hydrogens is 364 g/mol. The lowest BCUT2D eigenvalue weighted by Crippen LogP contribution is -2.52. The van der Waals surface area contributed by atoms with Crippen molar-refractivity contribution in [3.05, 3.63) is 11.1 Å². The van der Waals surface area contributed by atoms with Gasteiger partial charge in [-0.15, -0.1) is 0 Å². The first-order valence-corrected chi connectivity index (χ1v) is 13.6. The maximum atomic E-state index is 10.7. The highest BCUT2D eigenvalue weighted by Gasteiger charge is 2.57. The molecule has 172 valence electrons. The van der Waals surface area contributed by atoms with Crippen LogP contribution in [-0.4, -0.2) is 11.2 Å². The third-order valence-corrected chi connectivity index (χ3v) is 10.9. The van der Waals surface area contributed by atoms with E-state index in [2.05, 4.69) is 41.5 Å². The van der Waals surface area contributed by atoms with Crippen molar-refractivity contribution < 1.29 is 5.11 Å². The minimum atomic E-state index is -0.0429. The van der Waals surface area contributed by atoms with Crippen LogP contribution in [0.4, 0.5) is 0 Å². The number of rotatable bonds is 6. The van der Waals surface area contributed by atoms with Gasteiger partial charge in [0.15, 0.2) is 0 Å². The van der Waals surface area contributed by atoms with E-state index >= 15 is 0 Å². The van der Waals surface area contributed by atoms with Gasteiger partial charge in [0.05, 0.1) is 6.10 Å². The third kappa shape index (κ3) is 3.64. The van der Waals surface area contributed by atoms with Crippen LogP contribution in [0.1, 0.15) is 119 Å². The minimum absolute atomic E-state index is 0.0429. The zero-order chi connectivity index (χ0) is 21.7. The van der Waals surface area contributed by atoms with Crippen LogP contribution in [0.25, 0.3) is 0 Å². The van der Waals surface area contributed by atoms with E-state index < -0.39 is 0 Å². The molecule has 3 unspecified atom stereocenters. The first-order valence-electron chi connectivity index (χ1n) is 13.6. The molecule has 3 saturated carbocycles. The molecule has 0 aromatic carbocycles. The summed E-state index contributed by atoms with van der Waals surface area (Å²) in [7, 11) is 0. The molecule has 0 aliphatic heterocycles. The van der Waals surface area contributed by atoms with Gasteiger partial charge in [-0.1, -0.05) is 78.4 Å². The standard InChI is InChI=1S/C29H50O/c1-7-21-24-12-11-22-25-14-13-23(20(4)10-8-9-19(2)3)28(25,5)17-15-26(22)29(24,6)18-16-27(21)30/h19-21,23-24,26-27,30H,7-18H2,1-6H3/t20-,21?,23-,24?,26+,27?,28-,29+/m1/s1. The molecule has 0 aromatic heterocycles. The Labute approximate surface area is 187 Å². The van der Waals surface area contributed by atoms with Crippen molar-refractivity contribution in [3.8, 4) is 0 Å². The highest BCUT2D eigenvalue weighted by molar-refractivity contribution is 5.35. The van der Waals surface area contributed by atoms with E-state index in [0.29, 0.717) is 16.7 Å². The quantitative estimate of drug-likeness (QED) is 0.434. The number of allylic oxidation sites excluding steroid dienone is 2. The molecule has 0 bridgehead atoms. The van der Waals surface area contributed by atoms with Crippen molar-refractivity contribution in [1.29, 1.82) is 0 Å². The molecule has 1 nitrogen and oxygen atoms in total. The summed E-state index contributed by atoms with van der Waals surface area (Å²) in [4.78, 5) is 0. The van der Waals surface area contributed by atoms with Crippen LogP contribution < -0.4 is 0 Å². The molecule has 4 rings (SSSR count). The predicted octanol–water partition coefficient (Wildman–Crippen LogP) is 8.17. The van der Waals surface area contributed by atoms with Crippen molar-refractivity contribution in [1.82, 2.24) is 0 Å². The Morgan fingerprint density at radius 2 is 1.73 bits per heavy atom. The number of aliphatic hydroxyl groups is 1.